The van der Waals surface area contributed by atoms with E-state index in [4.69, 9.17) is 15.6 Å². The number of carbonyl (C=O) groups is 1. The van der Waals surface area contributed by atoms with E-state index in [1.165, 1.54) is 0 Å². The van der Waals surface area contributed by atoms with Crippen molar-refractivity contribution in [3.63, 3.8) is 0 Å². The van der Waals surface area contributed by atoms with Crippen LogP contribution in [0.5, 0.6) is 0 Å². The Morgan fingerprint density at radius 3 is 2.47 bits per heavy atom. The summed E-state index contributed by atoms with van der Waals surface area (Å²) in [5, 5.41) is 21.3. The highest BCUT2D eigenvalue weighted by atomic mass is 19.4. The molecule has 5 aliphatic rings. The third kappa shape index (κ3) is 4.42. The lowest BCUT2D eigenvalue weighted by atomic mass is 9.48. The minimum absolute atomic E-state index is 0.192. The summed E-state index contributed by atoms with van der Waals surface area (Å²) >= 11 is 0. The molecule has 0 aromatic carbocycles. The molecule has 3 unspecified atom stereocenters. The van der Waals surface area contributed by atoms with Gasteiger partial charge in [0.15, 0.2) is 5.82 Å². The number of carboxylic acid groups (broad SMARTS) is 1. The van der Waals surface area contributed by atoms with Crippen LogP contribution in [-0.2, 0) is 10.5 Å². The Balaban J connectivity index is 0.000000338. The van der Waals surface area contributed by atoms with Gasteiger partial charge in [0.25, 0.3) is 0 Å². The molecule has 194 valence electrons. The van der Waals surface area contributed by atoms with Gasteiger partial charge < -0.3 is 21.5 Å². The quantitative estimate of drug-likeness (QED) is 0.396. The van der Waals surface area contributed by atoms with Gasteiger partial charge in [-0.1, -0.05) is 6.07 Å². The van der Waals surface area contributed by atoms with Crippen molar-refractivity contribution in [2.75, 3.05) is 5.32 Å². The van der Waals surface area contributed by atoms with Gasteiger partial charge in [0, 0.05) is 35.5 Å². The average Bonchev–Trinajstić information content (AvgIpc) is 3.16. The molecule has 12 heteroatoms. The van der Waals surface area contributed by atoms with E-state index in [1.807, 2.05) is 25.1 Å². The molecule has 7 rings (SSSR count). The van der Waals surface area contributed by atoms with Gasteiger partial charge in [0.2, 0.25) is 0 Å². The number of hydrogen-bond donors (Lipinski definition) is 5. The first-order valence-electron chi connectivity index (χ1n) is 11.9. The van der Waals surface area contributed by atoms with Crippen molar-refractivity contribution in [2.45, 2.75) is 56.5 Å². The van der Waals surface area contributed by atoms with Gasteiger partial charge in [-0.3, -0.25) is 10.1 Å². The van der Waals surface area contributed by atoms with Crippen LogP contribution in [0.25, 0.3) is 6.08 Å². The summed E-state index contributed by atoms with van der Waals surface area (Å²) < 4.78 is 47.0. The summed E-state index contributed by atoms with van der Waals surface area (Å²) in [5.41, 5.74) is 8.32. The Morgan fingerprint density at radius 1 is 1.25 bits per heavy atom. The number of nitrogens with one attached hydrogen (secondary N) is 3. The second kappa shape index (κ2) is 8.46. The van der Waals surface area contributed by atoms with E-state index in [0.29, 0.717) is 30.6 Å². The largest absolute Gasteiger partial charge is 0.490 e. The Hall–Kier alpha value is -3.15. The number of aryl methyl sites for hydroxylation is 1. The number of fused-ring (bicyclic) bond motifs is 1. The minimum Gasteiger partial charge on any atom is -0.475 e. The second-order valence-corrected chi connectivity index (χ2v) is 10.5. The fourth-order valence-corrected chi connectivity index (χ4v) is 6.96. The van der Waals surface area contributed by atoms with Crippen LogP contribution in [0.3, 0.4) is 0 Å². The molecule has 4 bridgehead atoms. The molecule has 6 N–H and O–H groups in total. The number of carboxylic acids is 1. The molecule has 2 aromatic heterocycles. The van der Waals surface area contributed by atoms with E-state index in [9.17, 15) is 13.2 Å². The lowest BCUT2D eigenvalue weighted by Crippen LogP contribution is -2.66. The summed E-state index contributed by atoms with van der Waals surface area (Å²) in [6.45, 7) is 1.96. The zero-order valence-electron chi connectivity index (χ0n) is 19.6. The summed E-state index contributed by atoms with van der Waals surface area (Å²) in [4.78, 5) is 13.5. The maximum Gasteiger partial charge on any atom is 0.490 e. The Kier molecular flexibility index (Phi) is 5.77. The maximum atomic E-state index is 15.3. The maximum absolute atomic E-state index is 15.3. The van der Waals surface area contributed by atoms with Gasteiger partial charge in [-0.15, -0.1) is 0 Å². The highest BCUT2D eigenvalue weighted by Crippen LogP contribution is 2.62. The van der Waals surface area contributed by atoms with Crippen molar-refractivity contribution in [3.8, 4) is 0 Å². The number of rotatable bonds is 3. The fraction of sp³-hybridized carbons (Fsp3) is 0.542. The van der Waals surface area contributed by atoms with Gasteiger partial charge in [0.1, 0.15) is 17.2 Å². The molecule has 1 aliphatic heterocycles. The van der Waals surface area contributed by atoms with Crippen molar-refractivity contribution in [2.24, 2.45) is 29.4 Å². The first kappa shape index (κ1) is 24.5. The normalized spacial score (nSPS) is 34.1. The number of nitrogens with zero attached hydrogens (tertiary/aromatic N) is 2. The highest BCUT2D eigenvalue weighted by Gasteiger charge is 2.61. The number of aliphatic carboxylic acids is 1. The SMILES string of the molecule is Cc1cc(NC2=Cc3ncccc3C(N)(C3C4CC5CC3CC(F)(C5)C4)N2)n[nH]1.O=C(O)C(F)(F)F. The van der Waals surface area contributed by atoms with Crippen LogP contribution in [0, 0.1) is 30.6 Å². The Labute approximate surface area is 204 Å². The monoisotopic (exact) mass is 508 g/mol. The number of alkyl halides is 4. The van der Waals surface area contributed by atoms with Crippen molar-refractivity contribution in [1.82, 2.24) is 20.5 Å². The number of aromatic amines is 1. The third-order valence-corrected chi connectivity index (χ3v) is 7.84. The molecule has 2 aromatic rings. The number of anilines is 1. The van der Waals surface area contributed by atoms with E-state index in [0.717, 1.165) is 47.9 Å². The Morgan fingerprint density at radius 2 is 1.92 bits per heavy atom. The molecule has 0 spiro atoms. The van der Waals surface area contributed by atoms with Crippen LogP contribution < -0.4 is 16.4 Å². The molecule has 3 heterocycles. The van der Waals surface area contributed by atoms with Crippen molar-refractivity contribution in [1.29, 1.82) is 0 Å². The molecule has 0 radical (unpaired) electrons. The van der Waals surface area contributed by atoms with Crippen LogP contribution in [0.15, 0.2) is 30.2 Å². The molecule has 3 atom stereocenters. The van der Waals surface area contributed by atoms with Crippen LogP contribution >= 0.6 is 0 Å². The fourth-order valence-electron chi connectivity index (χ4n) is 6.96. The van der Waals surface area contributed by atoms with Crippen LogP contribution in [0.2, 0.25) is 0 Å². The summed E-state index contributed by atoms with van der Waals surface area (Å²) in [6, 6.07) is 5.96. The summed E-state index contributed by atoms with van der Waals surface area (Å²) in [7, 11) is 0. The predicted molar refractivity (Wildman–Crippen MR) is 123 cm³/mol. The van der Waals surface area contributed by atoms with Crippen molar-refractivity contribution in [3.05, 3.63) is 47.2 Å². The molecule has 4 saturated carbocycles. The van der Waals surface area contributed by atoms with Crippen LogP contribution in [0.1, 0.15) is 49.1 Å². The van der Waals surface area contributed by atoms with Crippen LogP contribution in [-0.4, -0.2) is 38.1 Å². The molecular weight excluding hydrogens is 480 g/mol. The molecular formula is C24H28F4N6O2. The minimum atomic E-state index is -5.08. The van der Waals surface area contributed by atoms with Gasteiger partial charge in [-0.25, -0.2) is 9.18 Å². The Bertz CT molecular complexity index is 1180. The van der Waals surface area contributed by atoms with Crippen molar-refractivity contribution < 1.29 is 27.5 Å². The topological polar surface area (TPSA) is 129 Å². The zero-order valence-corrected chi connectivity index (χ0v) is 19.6. The zero-order chi connectivity index (χ0) is 25.9. The summed E-state index contributed by atoms with van der Waals surface area (Å²) in [6.07, 6.45) is 2.92. The summed E-state index contributed by atoms with van der Waals surface area (Å²) in [5.74, 6) is 0.0941. The number of nitrogens with two attached hydrogens (primary N) is 1. The van der Waals surface area contributed by atoms with Gasteiger partial charge in [-0.05, 0) is 62.8 Å². The molecule has 0 saturated heterocycles. The smallest absolute Gasteiger partial charge is 0.475 e. The molecule has 4 fully saturated rings. The van der Waals surface area contributed by atoms with Gasteiger partial charge in [0.05, 0.1) is 5.69 Å². The van der Waals surface area contributed by atoms with E-state index in [1.54, 1.807) is 6.20 Å². The van der Waals surface area contributed by atoms with E-state index < -0.39 is 23.5 Å². The number of hydrogen-bond acceptors (Lipinski definition) is 6. The van der Waals surface area contributed by atoms with Crippen LogP contribution in [0.4, 0.5) is 23.4 Å². The molecule has 36 heavy (non-hydrogen) atoms. The highest BCUT2D eigenvalue weighted by molar-refractivity contribution is 5.73. The first-order chi connectivity index (χ1) is 16.9. The van der Waals surface area contributed by atoms with Gasteiger partial charge >= 0.3 is 12.1 Å². The average molecular weight is 509 g/mol. The lowest BCUT2D eigenvalue weighted by molar-refractivity contribution is -0.192. The van der Waals surface area contributed by atoms with Gasteiger partial charge in [-0.2, -0.15) is 18.3 Å². The standard InChI is InChI=1S/C22H27FN6.C2HF3O2/c1-12-5-19(29-28-12)26-18-8-17-16(3-2-4-25-17)22(24,27-18)20-14-6-13-7-15(20)11-21(23,9-13)10-14;3-2(4,5)1(6)7/h2-5,8,13-15,20,27H,6-7,9-11,24H2,1H3,(H2,26,28,29);(H,6,7). The lowest BCUT2D eigenvalue weighted by Gasteiger charge is -2.61. The first-order valence-corrected chi connectivity index (χ1v) is 11.9. The number of pyridine rings is 1. The predicted octanol–water partition coefficient (Wildman–Crippen LogP) is 4.04. The molecule has 8 nitrogen and oxygen atoms in total. The third-order valence-electron chi connectivity index (χ3n) is 7.84. The van der Waals surface area contributed by atoms with Crippen molar-refractivity contribution >= 4 is 17.9 Å². The van der Waals surface area contributed by atoms with E-state index in [2.05, 4.69) is 31.9 Å². The number of halogens is 4. The number of aromatic nitrogens is 3. The number of H-pyrrole nitrogens is 1. The second-order valence-electron chi connectivity index (χ2n) is 10.5. The van der Waals surface area contributed by atoms with E-state index >= 15 is 4.39 Å². The molecule has 4 aliphatic carbocycles. The molecule has 0 amide bonds. The van der Waals surface area contributed by atoms with E-state index in [-0.39, 0.29) is 5.92 Å².